The molecule has 1 aliphatic carbocycles. The zero-order valence-corrected chi connectivity index (χ0v) is 12.0. The molecule has 1 fully saturated rings. The Bertz CT molecular complexity index is 458. The van der Waals surface area contributed by atoms with E-state index in [0.29, 0.717) is 6.54 Å². The molecule has 3 heteroatoms. The molecule has 0 aliphatic heterocycles. The van der Waals surface area contributed by atoms with Crippen molar-refractivity contribution >= 4 is 17.5 Å². The average molecular weight is 266 g/mol. The van der Waals surface area contributed by atoms with Gasteiger partial charge in [-0.15, -0.1) is 0 Å². The van der Waals surface area contributed by atoms with E-state index in [1.807, 2.05) is 12.1 Å². The zero-order valence-electron chi connectivity index (χ0n) is 11.2. The Morgan fingerprint density at radius 2 is 2.06 bits per heavy atom. The summed E-state index contributed by atoms with van der Waals surface area (Å²) in [7, 11) is 0. The number of amides is 1. The van der Waals surface area contributed by atoms with Crippen molar-refractivity contribution in [3.8, 4) is 0 Å². The maximum Gasteiger partial charge on any atom is 0.223 e. The molecule has 0 unspecified atom stereocenters. The van der Waals surface area contributed by atoms with E-state index in [4.69, 9.17) is 11.6 Å². The van der Waals surface area contributed by atoms with Crippen molar-refractivity contribution in [2.45, 2.75) is 45.6 Å². The second-order valence-electron chi connectivity index (χ2n) is 6.06. The number of rotatable bonds is 3. The minimum atomic E-state index is 0.0214. The molecule has 0 saturated heterocycles. The first-order valence-electron chi connectivity index (χ1n) is 6.44. The summed E-state index contributed by atoms with van der Waals surface area (Å²) >= 11 is 6.22. The molecule has 1 aromatic rings. The summed E-state index contributed by atoms with van der Waals surface area (Å²) in [5.74, 6) is 0.446. The van der Waals surface area contributed by atoms with Crippen LogP contribution in [0.25, 0.3) is 0 Å². The molecule has 1 aliphatic rings. The number of halogens is 1. The SMILES string of the molecule is CC(C)(C)c1cc(CNC(=O)C2CC2)ccc1Cl. The quantitative estimate of drug-likeness (QED) is 0.888. The lowest BCUT2D eigenvalue weighted by Gasteiger charge is -2.21. The summed E-state index contributed by atoms with van der Waals surface area (Å²) in [4.78, 5) is 11.6. The number of hydrogen-bond donors (Lipinski definition) is 1. The van der Waals surface area contributed by atoms with Crippen LogP contribution in [0.1, 0.15) is 44.7 Å². The summed E-state index contributed by atoms with van der Waals surface area (Å²) in [5, 5.41) is 3.77. The summed E-state index contributed by atoms with van der Waals surface area (Å²) in [6.07, 6.45) is 2.08. The van der Waals surface area contributed by atoms with Gasteiger partial charge in [-0.25, -0.2) is 0 Å². The van der Waals surface area contributed by atoms with Crippen LogP contribution >= 0.6 is 11.6 Å². The van der Waals surface area contributed by atoms with Gasteiger partial charge < -0.3 is 5.32 Å². The van der Waals surface area contributed by atoms with E-state index in [0.717, 1.165) is 29.0 Å². The number of hydrogen-bond acceptors (Lipinski definition) is 1. The summed E-state index contributed by atoms with van der Waals surface area (Å²) in [6, 6.07) is 5.99. The van der Waals surface area contributed by atoms with E-state index in [1.165, 1.54) is 0 Å². The van der Waals surface area contributed by atoms with E-state index in [9.17, 15) is 4.79 Å². The molecule has 2 nitrogen and oxygen atoms in total. The number of carbonyl (C=O) groups excluding carboxylic acids is 1. The fourth-order valence-corrected chi connectivity index (χ4v) is 2.34. The lowest BCUT2D eigenvalue weighted by Crippen LogP contribution is -2.24. The van der Waals surface area contributed by atoms with Crippen LogP contribution in [-0.4, -0.2) is 5.91 Å². The molecular weight excluding hydrogens is 246 g/mol. The Morgan fingerprint density at radius 3 is 2.61 bits per heavy atom. The second-order valence-corrected chi connectivity index (χ2v) is 6.46. The molecule has 1 aromatic carbocycles. The molecule has 98 valence electrons. The molecule has 18 heavy (non-hydrogen) atoms. The monoisotopic (exact) mass is 265 g/mol. The fraction of sp³-hybridized carbons (Fsp3) is 0.533. The predicted molar refractivity (Wildman–Crippen MR) is 74.7 cm³/mol. The zero-order chi connectivity index (χ0) is 13.3. The smallest absolute Gasteiger partial charge is 0.223 e. The first-order valence-corrected chi connectivity index (χ1v) is 6.82. The topological polar surface area (TPSA) is 29.1 Å². The van der Waals surface area contributed by atoms with Gasteiger partial charge in [0.2, 0.25) is 5.91 Å². The number of nitrogens with one attached hydrogen (secondary N) is 1. The molecule has 0 atom stereocenters. The van der Waals surface area contributed by atoms with Crippen LogP contribution in [0.3, 0.4) is 0 Å². The van der Waals surface area contributed by atoms with Gasteiger partial charge in [0.25, 0.3) is 0 Å². The van der Waals surface area contributed by atoms with E-state index in [2.05, 4.69) is 32.2 Å². The lowest BCUT2D eigenvalue weighted by molar-refractivity contribution is -0.122. The molecule has 0 aromatic heterocycles. The largest absolute Gasteiger partial charge is 0.352 e. The maximum absolute atomic E-state index is 11.6. The van der Waals surface area contributed by atoms with Crippen molar-refractivity contribution in [1.29, 1.82) is 0 Å². The van der Waals surface area contributed by atoms with Crippen LogP contribution in [0, 0.1) is 5.92 Å². The minimum absolute atomic E-state index is 0.0214. The third kappa shape index (κ3) is 3.26. The molecule has 0 radical (unpaired) electrons. The van der Waals surface area contributed by atoms with Crippen LogP contribution in [0.4, 0.5) is 0 Å². The summed E-state index contributed by atoms with van der Waals surface area (Å²) in [5.41, 5.74) is 2.26. The van der Waals surface area contributed by atoms with Gasteiger partial charge >= 0.3 is 0 Å². The van der Waals surface area contributed by atoms with Gasteiger partial charge in [-0.1, -0.05) is 44.5 Å². The highest BCUT2D eigenvalue weighted by Crippen LogP contribution is 2.31. The molecule has 0 heterocycles. The molecule has 2 rings (SSSR count). The predicted octanol–water partition coefficient (Wildman–Crippen LogP) is 3.66. The molecular formula is C15H20ClNO. The Balaban J connectivity index is 2.07. The van der Waals surface area contributed by atoms with E-state index in [-0.39, 0.29) is 17.2 Å². The average Bonchev–Trinajstić information content (AvgIpc) is 3.09. The number of benzene rings is 1. The fourth-order valence-electron chi connectivity index (χ4n) is 1.94. The van der Waals surface area contributed by atoms with Gasteiger partial charge in [0.15, 0.2) is 0 Å². The third-order valence-electron chi connectivity index (χ3n) is 3.25. The molecule has 1 amide bonds. The van der Waals surface area contributed by atoms with Crippen molar-refractivity contribution < 1.29 is 4.79 Å². The molecule has 0 spiro atoms. The second kappa shape index (κ2) is 4.93. The Labute approximate surface area is 114 Å². The van der Waals surface area contributed by atoms with Crippen molar-refractivity contribution in [2.75, 3.05) is 0 Å². The van der Waals surface area contributed by atoms with Crippen LogP contribution in [0.2, 0.25) is 5.02 Å². The Kier molecular flexibility index (Phi) is 3.67. The standard InChI is InChI=1S/C15H20ClNO/c1-15(2,3)12-8-10(4-7-13(12)16)9-17-14(18)11-5-6-11/h4,7-8,11H,5-6,9H2,1-3H3,(H,17,18). The molecule has 1 saturated carbocycles. The first kappa shape index (κ1) is 13.4. The van der Waals surface area contributed by atoms with Crippen LogP contribution < -0.4 is 5.32 Å². The molecule has 0 bridgehead atoms. The minimum Gasteiger partial charge on any atom is -0.352 e. The summed E-state index contributed by atoms with van der Waals surface area (Å²) in [6.45, 7) is 7.01. The van der Waals surface area contributed by atoms with Crippen molar-refractivity contribution in [3.63, 3.8) is 0 Å². The van der Waals surface area contributed by atoms with Gasteiger partial charge in [0.1, 0.15) is 0 Å². The van der Waals surface area contributed by atoms with Gasteiger partial charge in [-0.2, -0.15) is 0 Å². The van der Waals surface area contributed by atoms with E-state index < -0.39 is 0 Å². The summed E-state index contributed by atoms with van der Waals surface area (Å²) < 4.78 is 0. The van der Waals surface area contributed by atoms with Crippen molar-refractivity contribution in [1.82, 2.24) is 5.32 Å². The van der Waals surface area contributed by atoms with Crippen molar-refractivity contribution in [3.05, 3.63) is 34.3 Å². The highest BCUT2D eigenvalue weighted by atomic mass is 35.5. The van der Waals surface area contributed by atoms with E-state index in [1.54, 1.807) is 0 Å². The Morgan fingerprint density at radius 1 is 1.39 bits per heavy atom. The van der Waals surface area contributed by atoms with Crippen molar-refractivity contribution in [2.24, 2.45) is 5.92 Å². The van der Waals surface area contributed by atoms with Gasteiger partial charge in [0, 0.05) is 17.5 Å². The molecule has 1 N–H and O–H groups in total. The lowest BCUT2D eigenvalue weighted by atomic mass is 9.86. The number of carbonyl (C=O) groups is 1. The van der Waals surface area contributed by atoms with Gasteiger partial charge in [-0.3, -0.25) is 4.79 Å². The Hall–Kier alpha value is -1.02. The van der Waals surface area contributed by atoms with Crippen LogP contribution in [0.15, 0.2) is 18.2 Å². The third-order valence-corrected chi connectivity index (χ3v) is 3.58. The van der Waals surface area contributed by atoms with Crippen LogP contribution in [0.5, 0.6) is 0 Å². The van der Waals surface area contributed by atoms with Gasteiger partial charge in [-0.05, 0) is 35.4 Å². The maximum atomic E-state index is 11.6. The highest BCUT2D eigenvalue weighted by molar-refractivity contribution is 6.31. The van der Waals surface area contributed by atoms with E-state index >= 15 is 0 Å². The van der Waals surface area contributed by atoms with Gasteiger partial charge in [0.05, 0.1) is 0 Å². The normalized spacial score (nSPS) is 15.6. The highest BCUT2D eigenvalue weighted by Gasteiger charge is 2.29. The first-order chi connectivity index (χ1) is 8.38. The van der Waals surface area contributed by atoms with Crippen LogP contribution in [-0.2, 0) is 16.8 Å².